The lowest BCUT2D eigenvalue weighted by Gasteiger charge is -2.14. The minimum absolute atomic E-state index is 0.440. The predicted molar refractivity (Wildman–Crippen MR) is 83.1 cm³/mol. The number of nitriles is 1. The highest BCUT2D eigenvalue weighted by atomic mass is 32.2. The van der Waals surface area contributed by atoms with E-state index >= 15 is 0 Å². The van der Waals surface area contributed by atoms with Gasteiger partial charge in [0.25, 0.3) is 0 Å². The van der Waals surface area contributed by atoms with E-state index in [1.54, 1.807) is 48.2 Å². The van der Waals surface area contributed by atoms with E-state index in [-0.39, 0.29) is 0 Å². The lowest BCUT2D eigenvalue weighted by molar-refractivity contribution is 0.593. The Bertz CT molecular complexity index is 653. The van der Waals surface area contributed by atoms with Gasteiger partial charge in [0.05, 0.1) is 4.90 Å². The first-order valence-electron chi connectivity index (χ1n) is 6.10. The topological polar surface area (TPSA) is 72.9 Å². The summed E-state index contributed by atoms with van der Waals surface area (Å²) in [5, 5.41) is 9.12. The third-order valence-corrected chi connectivity index (χ3v) is 5.25. The number of hydrogen-bond donors (Lipinski definition) is 1. The molecule has 0 radical (unpaired) electrons. The van der Waals surface area contributed by atoms with E-state index in [9.17, 15) is 4.55 Å². The van der Waals surface area contributed by atoms with Gasteiger partial charge in [0.2, 0.25) is 0 Å². The molecule has 2 aromatic carbocycles. The summed E-state index contributed by atoms with van der Waals surface area (Å²) in [7, 11) is 0. The van der Waals surface area contributed by atoms with Gasteiger partial charge in [-0.25, -0.2) is 0 Å². The molecule has 0 aliphatic carbocycles. The van der Waals surface area contributed by atoms with Crippen LogP contribution in [0.1, 0.15) is 12.5 Å². The van der Waals surface area contributed by atoms with Crippen LogP contribution in [0.2, 0.25) is 0 Å². The van der Waals surface area contributed by atoms with Gasteiger partial charge in [-0.1, -0.05) is 19.1 Å². The summed E-state index contributed by atoms with van der Waals surface area (Å²) in [5.74, 6) is 0.869. The number of benzene rings is 2. The fourth-order valence-corrected chi connectivity index (χ4v) is 4.12. The minimum atomic E-state index is -1.38. The normalized spacial score (nSPS) is 11.8. The second kappa shape index (κ2) is 6.71. The van der Waals surface area contributed by atoms with Crippen LogP contribution >= 0.6 is 11.8 Å². The average molecular weight is 302 g/mol. The van der Waals surface area contributed by atoms with Crippen molar-refractivity contribution >= 4 is 28.6 Å². The van der Waals surface area contributed by atoms with Crippen molar-refractivity contribution in [3.8, 4) is 6.07 Å². The highest BCUT2D eigenvalue weighted by Gasteiger charge is 2.22. The van der Waals surface area contributed by atoms with E-state index in [1.807, 2.05) is 13.0 Å². The number of nitrogen functional groups attached to an aromatic ring is 1. The highest BCUT2D eigenvalue weighted by Crippen LogP contribution is 2.33. The van der Waals surface area contributed by atoms with E-state index in [2.05, 4.69) is 6.07 Å². The van der Waals surface area contributed by atoms with Gasteiger partial charge in [-0.2, -0.15) is 5.26 Å². The van der Waals surface area contributed by atoms with Gasteiger partial charge in [-0.3, -0.25) is 0 Å². The minimum Gasteiger partial charge on any atom is -0.606 e. The zero-order chi connectivity index (χ0) is 14.5. The molecule has 0 saturated carbocycles. The summed E-state index contributed by atoms with van der Waals surface area (Å²) in [5.41, 5.74) is 6.88. The standard InChI is InChI=1S/C15H14N2OS2/c1-2-19-13-9-12(17)7-8-15(13)20(18)14-6-4-3-5-11(14)10-16/h3-9H,2,17H2,1H3. The van der Waals surface area contributed by atoms with Crippen molar-refractivity contribution in [2.24, 2.45) is 0 Å². The molecule has 1 atom stereocenters. The second-order valence-corrected chi connectivity index (χ2v) is 6.74. The summed E-state index contributed by atoms with van der Waals surface area (Å²) >= 11 is 0.218. The van der Waals surface area contributed by atoms with E-state index in [1.165, 1.54) is 0 Å². The maximum absolute atomic E-state index is 12.7. The van der Waals surface area contributed by atoms with E-state index < -0.39 is 11.2 Å². The van der Waals surface area contributed by atoms with Crippen molar-refractivity contribution in [1.82, 2.24) is 0 Å². The average Bonchev–Trinajstić information content (AvgIpc) is 2.47. The molecule has 1 unspecified atom stereocenters. The number of nitrogens with zero attached hydrogens (tertiary/aromatic N) is 1. The SMILES string of the molecule is CCSc1cc(N)ccc1[S+]([O-])c1ccccc1C#N. The van der Waals surface area contributed by atoms with Gasteiger partial charge in [0, 0.05) is 16.9 Å². The number of anilines is 1. The maximum atomic E-state index is 12.7. The first-order valence-corrected chi connectivity index (χ1v) is 8.24. The summed E-state index contributed by atoms with van der Waals surface area (Å²) < 4.78 is 12.7. The fraction of sp³-hybridized carbons (Fsp3) is 0.133. The Balaban J connectivity index is 2.48. The fourth-order valence-electron chi connectivity index (χ4n) is 1.79. The Morgan fingerprint density at radius 1 is 1.25 bits per heavy atom. The molecule has 0 aliphatic heterocycles. The van der Waals surface area contributed by atoms with Crippen molar-refractivity contribution in [2.75, 3.05) is 11.5 Å². The predicted octanol–water partition coefficient (Wildman–Crippen LogP) is 3.42. The summed E-state index contributed by atoms with van der Waals surface area (Å²) in [6, 6.07) is 14.4. The van der Waals surface area contributed by atoms with Crippen LogP contribution in [0.3, 0.4) is 0 Å². The van der Waals surface area contributed by atoms with Crippen LogP contribution in [0, 0.1) is 11.3 Å². The first-order chi connectivity index (χ1) is 9.67. The number of hydrogen-bond acceptors (Lipinski definition) is 4. The Labute approximate surface area is 126 Å². The molecule has 2 aromatic rings. The van der Waals surface area contributed by atoms with E-state index in [0.717, 1.165) is 10.6 Å². The van der Waals surface area contributed by atoms with Crippen LogP contribution in [-0.2, 0) is 11.2 Å². The zero-order valence-corrected chi connectivity index (χ0v) is 12.6. The summed E-state index contributed by atoms with van der Waals surface area (Å²) in [6.07, 6.45) is 0. The van der Waals surface area contributed by atoms with Gasteiger partial charge in [0.15, 0.2) is 9.79 Å². The maximum Gasteiger partial charge on any atom is 0.176 e. The molecular formula is C15H14N2OS2. The Morgan fingerprint density at radius 3 is 2.70 bits per heavy atom. The molecule has 0 amide bonds. The lowest BCUT2D eigenvalue weighted by Crippen LogP contribution is -2.06. The monoisotopic (exact) mass is 302 g/mol. The molecule has 0 aliphatic rings. The van der Waals surface area contributed by atoms with Crippen molar-refractivity contribution in [1.29, 1.82) is 5.26 Å². The molecule has 0 saturated heterocycles. The Hall–Kier alpha value is -1.61. The van der Waals surface area contributed by atoms with Gasteiger partial charge in [-0.15, -0.1) is 11.8 Å². The van der Waals surface area contributed by atoms with Gasteiger partial charge in [0.1, 0.15) is 11.6 Å². The van der Waals surface area contributed by atoms with Crippen LogP contribution in [-0.4, -0.2) is 10.3 Å². The van der Waals surface area contributed by atoms with Crippen molar-refractivity contribution in [2.45, 2.75) is 21.6 Å². The third-order valence-electron chi connectivity index (χ3n) is 2.67. The van der Waals surface area contributed by atoms with Gasteiger partial charge >= 0.3 is 0 Å². The smallest absolute Gasteiger partial charge is 0.176 e. The zero-order valence-electron chi connectivity index (χ0n) is 11.0. The van der Waals surface area contributed by atoms with Crippen LogP contribution < -0.4 is 5.73 Å². The summed E-state index contributed by atoms with van der Waals surface area (Å²) in [6.45, 7) is 2.03. The molecule has 0 fully saturated rings. The van der Waals surface area contributed by atoms with Crippen molar-refractivity contribution in [3.63, 3.8) is 0 Å². The Kier molecular flexibility index (Phi) is 4.96. The molecule has 20 heavy (non-hydrogen) atoms. The molecule has 2 rings (SSSR count). The number of rotatable bonds is 4. The largest absolute Gasteiger partial charge is 0.606 e. The molecule has 2 N–H and O–H groups in total. The van der Waals surface area contributed by atoms with Crippen LogP contribution in [0.25, 0.3) is 0 Å². The van der Waals surface area contributed by atoms with E-state index in [4.69, 9.17) is 11.0 Å². The molecule has 0 heterocycles. The summed E-state index contributed by atoms with van der Waals surface area (Å²) in [4.78, 5) is 2.14. The first kappa shape index (κ1) is 14.8. The molecule has 0 spiro atoms. The van der Waals surface area contributed by atoms with Crippen LogP contribution in [0.4, 0.5) is 5.69 Å². The highest BCUT2D eigenvalue weighted by molar-refractivity contribution is 8.00. The quantitative estimate of drug-likeness (QED) is 0.533. The van der Waals surface area contributed by atoms with Crippen LogP contribution in [0.5, 0.6) is 0 Å². The van der Waals surface area contributed by atoms with Crippen LogP contribution in [0.15, 0.2) is 57.2 Å². The molecule has 5 heteroatoms. The lowest BCUT2D eigenvalue weighted by atomic mass is 10.2. The molecule has 0 bridgehead atoms. The van der Waals surface area contributed by atoms with Crippen molar-refractivity contribution in [3.05, 3.63) is 48.0 Å². The van der Waals surface area contributed by atoms with Crippen molar-refractivity contribution < 1.29 is 4.55 Å². The van der Waals surface area contributed by atoms with E-state index in [0.29, 0.717) is 21.0 Å². The molecule has 3 nitrogen and oxygen atoms in total. The molecule has 102 valence electrons. The Morgan fingerprint density at radius 2 is 2.00 bits per heavy atom. The third kappa shape index (κ3) is 3.10. The number of nitrogens with two attached hydrogens (primary N) is 1. The van der Waals surface area contributed by atoms with Gasteiger partial charge < -0.3 is 10.3 Å². The number of thioether (sulfide) groups is 1. The molecule has 0 aromatic heterocycles. The van der Waals surface area contributed by atoms with Gasteiger partial charge in [-0.05, 0) is 36.1 Å². The second-order valence-electron chi connectivity index (χ2n) is 4.02. The molecular weight excluding hydrogens is 288 g/mol.